The second-order valence-electron chi connectivity index (χ2n) is 5.52. The lowest BCUT2D eigenvalue weighted by atomic mass is 9.92. The molecule has 1 unspecified atom stereocenters. The number of rotatable bonds is 4. The maximum absolute atomic E-state index is 13.4. The van der Waals surface area contributed by atoms with Crippen molar-refractivity contribution in [2.75, 3.05) is 19.5 Å². The van der Waals surface area contributed by atoms with E-state index in [9.17, 15) is 14.6 Å². The van der Waals surface area contributed by atoms with Crippen LogP contribution >= 0.6 is 0 Å². The van der Waals surface area contributed by atoms with Crippen LogP contribution in [0.15, 0.2) is 6.33 Å². The number of fused-ring (bicyclic) bond motifs is 1. The molecular formula is C13H18FN5O4. The number of hydrogen-bond acceptors (Lipinski definition) is 8. The number of anilines is 1. The van der Waals surface area contributed by atoms with Crippen LogP contribution in [0.4, 0.5) is 10.2 Å². The molecule has 1 aliphatic rings. The molecule has 0 aliphatic carbocycles. The highest BCUT2D eigenvalue weighted by Crippen LogP contribution is 2.40. The van der Waals surface area contributed by atoms with Gasteiger partial charge in [-0.05, 0) is 6.92 Å². The van der Waals surface area contributed by atoms with E-state index in [-0.39, 0.29) is 23.4 Å². The van der Waals surface area contributed by atoms with Gasteiger partial charge in [0.2, 0.25) is 0 Å². The van der Waals surface area contributed by atoms with Gasteiger partial charge in [-0.25, -0.2) is 4.98 Å². The van der Waals surface area contributed by atoms with Crippen LogP contribution in [0.25, 0.3) is 11.2 Å². The molecule has 126 valence electrons. The summed E-state index contributed by atoms with van der Waals surface area (Å²) in [5.41, 5.74) is 4.74. The number of aliphatic hydroxyl groups excluding tert-OH is 2. The van der Waals surface area contributed by atoms with E-state index in [1.807, 2.05) is 0 Å². The van der Waals surface area contributed by atoms with Gasteiger partial charge in [-0.2, -0.15) is 14.4 Å². The van der Waals surface area contributed by atoms with Gasteiger partial charge in [0.25, 0.3) is 0 Å². The van der Waals surface area contributed by atoms with E-state index < -0.39 is 36.7 Å². The summed E-state index contributed by atoms with van der Waals surface area (Å²) in [6.07, 6.45) is -1.67. The van der Waals surface area contributed by atoms with E-state index in [4.69, 9.17) is 15.2 Å². The lowest BCUT2D eigenvalue weighted by Gasteiger charge is -2.34. The van der Waals surface area contributed by atoms with Gasteiger partial charge in [-0.1, -0.05) is 0 Å². The predicted octanol–water partition coefficient (Wildman–Crippen LogP) is -0.407. The average Bonchev–Trinajstić information content (AvgIpc) is 3.08. The zero-order valence-electron chi connectivity index (χ0n) is 12.7. The topological polar surface area (TPSA) is 129 Å². The molecule has 0 radical (unpaired) electrons. The Morgan fingerprint density at radius 3 is 3.00 bits per heavy atom. The quantitative estimate of drug-likeness (QED) is 0.647. The first-order valence-electron chi connectivity index (χ1n) is 7.08. The Balaban J connectivity index is 2.01. The monoisotopic (exact) mass is 327 g/mol. The number of nitrogens with two attached hydrogens (primary N) is 1. The molecule has 0 saturated carbocycles. The fraction of sp³-hybridized carbons (Fsp3) is 0.615. The van der Waals surface area contributed by atoms with Crippen LogP contribution in [0.1, 0.15) is 19.6 Å². The summed E-state index contributed by atoms with van der Waals surface area (Å²) < 4.78 is 26.0. The third kappa shape index (κ3) is 2.34. The number of aromatic nitrogens is 4. The Labute approximate surface area is 130 Å². The van der Waals surface area contributed by atoms with Gasteiger partial charge >= 0.3 is 6.08 Å². The van der Waals surface area contributed by atoms with Crippen LogP contribution in [-0.4, -0.2) is 61.3 Å². The summed E-state index contributed by atoms with van der Waals surface area (Å²) in [4.78, 5) is 11.2. The standard InChI is InChI=1S/C13H18FN5O4/c1-6(22-2)13(4-20)7(21)3-8(23-13)19-5-16-9-10(15)17-12(14)18-11(9)19/h5-8,20-21H,3-4H2,1-2H3,(H2,15,17,18)/t6?,7-,8+,13-/m0/s1. The van der Waals surface area contributed by atoms with Crippen LogP contribution in [0, 0.1) is 6.08 Å². The number of hydrogen-bond donors (Lipinski definition) is 3. The molecule has 0 aromatic carbocycles. The van der Waals surface area contributed by atoms with E-state index in [2.05, 4.69) is 15.0 Å². The SMILES string of the molecule is COC(C)[C@]1(CO)O[C@@H](n2cnc3c(N)nc(F)nc32)C[C@@H]1O. The Kier molecular flexibility index (Phi) is 3.92. The fourth-order valence-electron chi connectivity index (χ4n) is 2.90. The van der Waals surface area contributed by atoms with Crippen LogP contribution < -0.4 is 5.73 Å². The molecule has 2 aromatic heterocycles. The van der Waals surface area contributed by atoms with Gasteiger partial charge in [-0.3, -0.25) is 4.57 Å². The molecule has 1 aliphatic heterocycles. The first-order chi connectivity index (χ1) is 10.9. The van der Waals surface area contributed by atoms with Gasteiger partial charge in [0, 0.05) is 13.5 Å². The number of aliphatic hydroxyl groups is 2. The van der Waals surface area contributed by atoms with Crippen molar-refractivity contribution in [1.29, 1.82) is 0 Å². The van der Waals surface area contributed by atoms with E-state index in [0.717, 1.165) is 0 Å². The molecule has 3 heterocycles. The molecule has 1 saturated heterocycles. The zero-order chi connectivity index (χ0) is 16.8. The minimum absolute atomic E-state index is 0.0801. The summed E-state index contributed by atoms with van der Waals surface area (Å²) in [6, 6.07) is 0. The second kappa shape index (κ2) is 5.64. The van der Waals surface area contributed by atoms with E-state index in [1.165, 1.54) is 18.0 Å². The Hall–Kier alpha value is -1.88. The van der Waals surface area contributed by atoms with Gasteiger partial charge < -0.3 is 25.4 Å². The molecule has 23 heavy (non-hydrogen) atoms. The zero-order valence-corrected chi connectivity index (χ0v) is 12.7. The molecule has 4 N–H and O–H groups in total. The van der Waals surface area contributed by atoms with Crippen molar-refractivity contribution < 1.29 is 24.1 Å². The van der Waals surface area contributed by atoms with Gasteiger partial charge in [0.15, 0.2) is 17.0 Å². The Morgan fingerprint density at radius 1 is 1.61 bits per heavy atom. The van der Waals surface area contributed by atoms with E-state index in [0.29, 0.717) is 0 Å². The van der Waals surface area contributed by atoms with Crippen LogP contribution in [0.2, 0.25) is 0 Å². The number of imidazole rings is 1. The highest BCUT2D eigenvalue weighted by molar-refractivity contribution is 5.81. The molecule has 3 rings (SSSR count). The summed E-state index contributed by atoms with van der Waals surface area (Å²) >= 11 is 0. The maximum Gasteiger partial charge on any atom is 0.312 e. The molecular weight excluding hydrogens is 309 g/mol. The van der Waals surface area contributed by atoms with Gasteiger partial charge in [0.05, 0.1) is 25.1 Å². The first kappa shape index (κ1) is 16.0. The number of nitrogen functional groups attached to an aromatic ring is 1. The van der Waals surface area contributed by atoms with Crippen molar-refractivity contribution in [3.05, 3.63) is 12.4 Å². The van der Waals surface area contributed by atoms with Crippen LogP contribution in [-0.2, 0) is 9.47 Å². The Bertz CT molecular complexity index is 726. The van der Waals surface area contributed by atoms with E-state index >= 15 is 0 Å². The van der Waals surface area contributed by atoms with Gasteiger partial charge in [-0.15, -0.1) is 0 Å². The lowest BCUT2D eigenvalue weighted by Crippen LogP contribution is -2.52. The largest absolute Gasteiger partial charge is 0.393 e. The van der Waals surface area contributed by atoms with Crippen molar-refractivity contribution in [3.8, 4) is 0 Å². The predicted molar refractivity (Wildman–Crippen MR) is 76.7 cm³/mol. The van der Waals surface area contributed by atoms with Crippen molar-refractivity contribution in [1.82, 2.24) is 19.5 Å². The normalized spacial score (nSPS) is 29.3. The molecule has 0 amide bonds. The second-order valence-corrected chi connectivity index (χ2v) is 5.52. The van der Waals surface area contributed by atoms with Crippen molar-refractivity contribution in [2.45, 2.75) is 37.4 Å². The summed E-state index contributed by atoms with van der Waals surface area (Å²) in [5, 5.41) is 20.1. The fourth-order valence-corrected chi connectivity index (χ4v) is 2.90. The molecule has 0 spiro atoms. The van der Waals surface area contributed by atoms with Crippen molar-refractivity contribution in [3.63, 3.8) is 0 Å². The number of ether oxygens (including phenoxy) is 2. The van der Waals surface area contributed by atoms with E-state index in [1.54, 1.807) is 6.92 Å². The molecule has 1 fully saturated rings. The highest BCUT2D eigenvalue weighted by atomic mass is 19.1. The number of nitrogens with zero attached hydrogens (tertiary/aromatic N) is 4. The molecule has 4 atom stereocenters. The summed E-state index contributed by atoms with van der Waals surface area (Å²) in [6.45, 7) is 1.26. The van der Waals surface area contributed by atoms with Crippen molar-refractivity contribution in [2.24, 2.45) is 0 Å². The summed E-state index contributed by atoms with van der Waals surface area (Å²) in [7, 11) is 1.46. The maximum atomic E-state index is 13.4. The van der Waals surface area contributed by atoms with Crippen LogP contribution in [0.3, 0.4) is 0 Å². The minimum atomic E-state index is -1.28. The average molecular weight is 327 g/mol. The third-order valence-electron chi connectivity index (χ3n) is 4.36. The number of methoxy groups -OCH3 is 1. The minimum Gasteiger partial charge on any atom is -0.393 e. The smallest absolute Gasteiger partial charge is 0.312 e. The molecule has 0 bridgehead atoms. The molecule has 9 nitrogen and oxygen atoms in total. The molecule has 2 aromatic rings. The molecule has 10 heteroatoms. The Morgan fingerprint density at radius 2 is 2.35 bits per heavy atom. The summed E-state index contributed by atoms with van der Waals surface area (Å²) in [5.74, 6) is -0.0801. The number of halogens is 1. The highest BCUT2D eigenvalue weighted by Gasteiger charge is 2.52. The third-order valence-corrected chi connectivity index (χ3v) is 4.36. The van der Waals surface area contributed by atoms with Crippen molar-refractivity contribution >= 4 is 17.0 Å². The van der Waals surface area contributed by atoms with Gasteiger partial charge in [0.1, 0.15) is 11.8 Å². The lowest BCUT2D eigenvalue weighted by molar-refractivity contribution is -0.185. The van der Waals surface area contributed by atoms with Crippen LogP contribution in [0.5, 0.6) is 0 Å². The first-order valence-corrected chi connectivity index (χ1v) is 7.08.